The van der Waals surface area contributed by atoms with Gasteiger partial charge >= 0.3 is 0 Å². The number of Topliss-reactive ketones (excluding diaryl/α,β-unsaturated/α-hetero) is 1. The first-order chi connectivity index (χ1) is 14.0. The molecule has 2 nitrogen and oxygen atoms in total. The number of aryl methyl sites for hydroxylation is 1. The molecule has 4 heteroatoms. The zero-order valence-corrected chi connectivity index (χ0v) is 18.4. The maximum absolute atomic E-state index is 14.6. The van der Waals surface area contributed by atoms with Gasteiger partial charge in [0.2, 0.25) is 0 Å². The zero-order chi connectivity index (χ0) is 20.3. The first-order valence-electron chi connectivity index (χ1n) is 10.2. The SMILES string of the molecule is CCc1ccc(-c2ccc(I)cc2F)cc1C1=C(O)[C@H]2[C@@H]3CC=C(CC3)[C@H]2C1=O. The van der Waals surface area contributed by atoms with Crippen LogP contribution in [0.4, 0.5) is 4.39 Å². The lowest BCUT2D eigenvalue weighted by molar-refractivity contribution is -0.117. The fraction of sp³-hybridized carbons (Fsp3) is 0.320. The van der Waals surface area contributed by atoms with Crippen molar-refractivity contribution in [1.82, 2.24) is 0 Å². The Labute approximate surface area is 183 Å². The highest BCUT2D eigenvalue weighted by atomic mass is 127. The summed E-state index contributed by atoms with van der Waals surface area (Å²) >= 11 is 2.09. The third kappa shape index (κ3) is 2.90. The van der Waals surface area contributed by atoms with Crippen LogP contribution in [-0.4, -0.2) is 10.9 Å². The molecule has 3 atom stereocenters. The summed E-state index contributed by atoms with van der Waals surface area (Å²) in [4.78, 5) is 13.4. The van der Waals surface area contributed by atoms with Gasteiger partial charge in [-0.2, -0.15) is 0 Å². The number of ketones is 1. The van der Waals surface area contributed by atoms with E-state index in [1.54, 1.807) is 6.07 Å². The molecule has 2 aromatic rings. The van der Waals surface area contributed by atoms with Crippen LogP contribution in [0.3, 0.4) is 0 Å². The van der Waals surface area contributed by atoms with Gasteiger partial charge in [-0.05, 0) is 89.1 Å². The molecule has 148 valence electrons. The number of aliphatic hydroxyl groups is 1. The molecular formula is C25H22FIO2. The number of allylic oxidation sites excluding steroid dienone is 4. The van der Waals surface area contributed by atoms with E-state index in [-0.39, 0.29) is 29.2 Å². The van der Waals surface area contributed by atoms with E-state index in [2.05, 4.69) is 28.7 Å². The molecule has 6 rings (SSSR count). The van der Waals surface area contributed by atoms with Crippen LogP contribution in [0.15, 0.2) is 53.8 Å². The maximum Gasteiger partial charge on any atom is 0.174 e. The van der Waals surface area contributed by atoms with Gasteiger partial charge in [0.05, 0.1) is 11.5 Å². The van der Waals surface area contributed by atoms with Crippen LogP contribution in [0.25, 0.3) is 16.7 Å². The molecule has 4 aliphatic carbocycles. The number of carbonyl (C=O) groups is 1. The molecule has 4 aliphatic rings. The Morgan fingerprint density at radius 3 is 2.66 bits per heavy atom. The van der Waals surface area contributed by atoms with E-state index in [1.807, 2.05) is 31.2 Å². The second kappa shape index (κ2) is 7.08. The highest BCUT2D eigenvalue weighted by molar-refractivity contribution is 14.1. The fourth-order valence-corrected chi connectivity index (χ4v) is 5.88. The Balaban J connectivity index is 1.66. The van der Waals surface area contributed by atoms with Crippen LogP contribution in [-0.2, 0) is 11.2 Å². The lowest BCUT2D eigenvalue weighted by Crippen LogP contribution is -2.34. The average Bonchev–Trinajstić information content (AvgIpc) is 3.01. The van der Waals surface area contributed by atoms with Crippen molar-refractivity contribution in [2.24, 2.45) is 17.8 Å². The smallest absolute Gasteiger partial charge is 0.174 e. The minimum Gasteiger partial charge on any atom is -0.511 e. The highest BCUT2D eigenvalue weighted by Crippen LogP contribution is 2.55. The molecular weight excluding hydrogens is 478 g/mol. The van der Waals surface area contributed by atoms with E-state index in [0.717, 1.165) is 45.9 Å². The number of rotatable bonds is 3. The van der Waals surface area contributed by atoms with Gasteiger partial charge in [-0.25, -0.2) is 4.39 Å². The van der Waals surface area contributed by atoms with Crippen molar-refractivity contribution >= 4 is 33.9 Å². The van der Waals surface area contributed by atoms with Crippen LogP contribution >= 0.6 is 22.6 Å². The quantitative estimate of drug-likeness (QED) is 0.387. The Kier molecular flexibility index (Phi) is 4.65. The summed E-state index contributed by atoms with van der Waals surface area (Å²) in [5.41, 5.74) is 4.68. The third-order valence-corrected chi connectivity index (χ3v) is 7.53. The van der Waals surface area contributed by atoms with Gasteiger partial charge in [0.1, 0.15) is 11.6 Å². The molecule has 1 fully saturated rings. The van der Waals surface area contributed by atoms with Crippen LogP contribution < -0.4 is 0 Å². The molecule has 0 spiro atoms. The van der Waals surface area contributed by atoms with Crippen molar-refractivity contribution in [3.05, 3.63) is 74.3 Å². The number of hydrogen-bond donors (Lipinski definition) is 1. The number of carbonyl (C=O) groups excluding carboxylic acids is 1. The van der Waals surface area contributed by atoms with E-state index in [4.69, 9.17) is 0 Å². The summed E-state index contributed by atoms with van der Waals surface area (Å²) in [6.45, 7) is 2.04. The Hall–Kier alpha value is -1.95. The molecule has 1 saturated carbocycles. The molecule has 1 N–H and O–H groups in total. The topological polar surface area (TPSA) is 37.3 Å². The lowest BCUT2D eigenvalue weighted by atomic mass is 9.64. The third-order valence-electron chi connectivity index (χ3n) is 6.86. The Morgan fingerprint density at radius 2 is 2.00 bits per heavy atom. The van der Waals surface area contributed by atoms with Gasteiger partial charge in [0, 0.05) is 15.1 Å². The fourth-order valence-electron chi connectivity index (χ4n) is 5.43. The van der Waals surface area contributed by atoms with Crippen molar-refractivity contribution in [2.75, 3.05) is 0 Å². The summed E-state index contributed by atoms with van der Waals surface area (Å²) in [6.07, 6.45) is 5.92. The first-order valence-corrected chi connectivity index (χ1v) is 11.3. The molecule has 0 amide bonds. The molecule has 0 heterocycles. The number of aliphatic hydroxyl groups excluding tert-OH is 1. The van der Waals surface area contributed by atoms with E-state index in [9.17, 15) is 14.3 Å². The van der Waals surface area contributed by atoms with Crippen molar-refractivity contribution in [3.8, 4) is 11.1 Å². The van der Waals surface area contributed by atoms with Gasteiger partial charge in [0.25, 0.3) is 0 Å². The first kappa shape index (κ1) is 19.0. The summed E-state index contributed by atoms with van der Waals surface area (Å²) < 4.78 is 15.4. The van der Waals surface area contributed by atoms with Crippen LogP contribution in [0, 0.1) is 27.1 Å². The Bertz CT molecular complexity index is 1100. The van der Waals surface area contributed by atoms with Crippen LogP contribution in [0.5, 0.6) is 0 Å². The molecule has 2 aromatic carbocycles. The molecule has 29 heavy (non-hydrogen) atoms. The van der Waals surface area contributed by atoms with Crippen molar-refractivity contribution in [1.29, 1.82) is 0 Å². The van der Waals surface area contributed by atoms with E-state index in [1.165, 1.54) is 11.6 Å². The normalized spacial score (nSPS) is 25.4. The lowest BCUT2D eigenvalue weighted by Gasteiger charge is -2.39. The molecule has 0 aromatic heterocycles. The Morgan fingerprint density at radius 1 is 1.17 bits per heavy atom. The van der Waals surface area contributed by atoms with Gasteiger partial charge < -0.3 is 5.11 Å². The minimum absolute atomic E-state index is 0.0399. The largest absolute Gasteiger partial charge is 0.511 e. The summed E-state index contributed by atoms with van der Waals surface area (Å²) in [7, 11) is 0. The second-order valence-electron chi connectivity index (χ2n) is 8.29. The number of hydrogen-bond acceptors (Lipinski definition) is 2. The predicted octanol–water partition coefficient (Wildman–Crippen LogP) is 6.48. The second-order valence-corrected chi connectivity index (χ2v) is 9.54. The average molecular weight is 500 g/mol. The molecule has 0 radical (unpaired) electrons. The maximum atomic E-state index is 14.6. The summed E-state index contributed by atoms with van der Waals surface area (Å²) in [5.74, 6) is 0.0969. The standard InChI is InChI=1S/C25H22FIO2/c1-2-13-3-8-16(18-10-9-17(27)12-20(18)26)11-19(13)23-24(28)21-14-4-5-15(7-6-14)22(21)25(23)29/h3-4,8-12,15,21-22,29H,2,5-7H2,1H3/t15-,21-,22+/m1/s1. The molecule has 2 bridgehead atoms. The predicted molar refractivity (Wildman–Crippen MR) is 121 cm³/mol. The highest BCUT2D eigenvalue weighted by Gasteiger charge is 2.51. The summed E-state index contributed by atoms with van der Waals surface area (Å²) in [6, 6.07) is 10.9. The zero-order valence-electron chi connectivity index (χ0n) is 16.2. The van der Waals surface area contributed by atoms with E-state index >= 15 is 0 Å². The van der Waals surface area contributed by atoms with Crippen LogP contribution in [0.2, 0.25) is 0 Å². The van der Waals surface area contributed by atoms with Crippen molar-refractivity contribution < 1.29 is 14.3 Å². The van der Waals surface area contributed by atoms with Crippen molar-refractivity contribution in [2.45, 2.75) is 32.6 Å². The van der Waals surface area contributed by atoms with E-state index < -0.39 is 0 Å². The van der Waals surface area contributed by atoms with Gasteiger partial charge in [0.15, 0.2) is 5.78 Å². The molecule has 0 unspecified atom stereocenters. The molecule has 0 aliphatic heterocycles. The van der Waals surface area contributed by atoms with Crippen LogP contribution in [0.1, 0.15) is 37.3 Å². The monoisotopic (exact) mass is 500 g/mol. The summed E-state index contributed by atoms with van der Waals surface area (Å²) in [5, 5.41) is 11.2. The van der Waals surface area contributed by atoms with Crippen molar-refractivity contribution in [3.63, 3.8) is 0 Å². The number of benzene rings is 2. The minimum atomic E-state index is -0.278. The van der Waals surface area contributed by atoms with E-state index in [0.29, 0.717) is 17.1 Å². The molecule has 0 saturated heterocycles. The van der Waals surface area contributed by atoms with Gasteiger partial charge in [-0.15, -0.1) is 0 Å². The number of fused-ring (bicyclic) bond motifs is 2. The van der Waals surface area contributed by atoms with Gasteiger partial charge in [-0.3, -0.25) is 4.79 Å². The number of halogens is 2. The van der Waals surface area contributed by atoms with Gasteiger partial charge in [-0.1, -0.05) is 36.8 Å².